The third-order valence-corrected chi connectivity index (χ3v) is 7.76. The average molecular weight is 540 g/mol. The Bertz CT molecular complexity index is 364. The van der Waals surface area contributed by atoms with Crippen LogP contribution in [0.5, 0.6) is 0 Å². The smallest absolute Gasteiger partial charge is 0.157 e. The van der Waals surface area contributed by atoms with Gasteiger partial charge in [-0.1, -0.05) is 27.7 Å². The molecule has 35 heavy (non-hydrogen) atoms. The van der Waals surface area contributed by atoms with Gasteiger partial charge < -0.3 is 28.6 Å². The lowest BCUT2D eigenvalue weighted by atomic mass is 10.4. The van der Waals surface area contributed by atoms with Crippen LogP contribution in [-0.4, -0.2) is 101 Å². The fourth-order valence-corrected chi connectivity index (χ4v) is 5.79. The van der Waals surface area contributed by atoms with Crippen molar-refractivity contribution in [3.05, 3.63) is 0 Å². The quantitative estimate of drug-likeness (QED) is 0.0640. The molecule has 0 aromatic carbocycles. The first kappa shape index (κ1) is 35.6. The number of rotatable bonds is 29. The second kappa shape index (κ2) is 29.2. The molecular formula is C27H59NO5P2. The van der Waals surface area contributed by atoms with Gasteiger partial charge in [-0.25, -0.2) is 0 Å². The highest BCUT2D eigenvalue weighted by molar-refractivity contribution is 7.38. The zero-order valence-electron chi connectivity index (χ0n) is 23.8. The van der Waals surface area contributed by atoms with Crippen LogP contribution in [0, 0.1) is 0 Å². The van der Waals surface area contributed by atoms with E-state index >= 15 is 0 Å². The molecule has 0 aromatic rings. The van der Waals surface area contributed by atoms with Crippen LogP contribution in [0.15, 0.2) is 0 Å². The predicted molar refractivity (Wildman–Crippen MR) is 155 cm³/mol. The van der Waals surface area contributed by atoms with Crippen molar-refractivity contribution in [3.8, 4) is 0 Å². The second-order valence-electron chi connectivity index (χ2n) is 8.81. The maximum absolute atomic E-state index is 5.87. The van der Waals surface area contributed by atoms with Crippen molar-refractivity contribution < 1.29 is 23.7 Å². The Morgan fingerprint density at radius 3 is 1.34 bits per heavy atom. The minimum atomic E-state index is -0.0164. The van der Waals surface area contributed by atoms with E-state index in [9.17, 15) is 0 Å². The molecule has 0 aromatic heterocycles. The lowest BCUT2D eigenvalue weighted by molar-refractivity contribution is -0.142. The summed E-state index contributed by atoms with van der Waals surface area (Å²) in [5.74, 6) is 0. The van der Waals surface area contributed by atoms with Crippen LogP contribution in [-0.2, 0) is 23.7 Å². The molecule has 0 heterocycles. The number of hydrogen-bond acceptors (Lipinski definition) is 6. The molecule has 0 aliphatic rings. The van der Waals surface area contributed by atoms with Gasteiger partial charge in [-0.05, 0) is 63.7 Å². The van der Waals surface area contributed by atoms with Gasteiger partial charge >= 0.3 is 0 Å². The van der Waals surface area contributed by atoms with Gasteiger partial charge in [-0.2, -0.15) is 0 Å². The minimum absolute atomic E-state index is 0.0164. The Morgan fingerprint density at radius 1 is 0.543 bits per heavy atom. The molecule has 2 unspecified atom stereocenters. The van der Waals surface area contributed by atoms with Gasteiger partial charge in [0.05, 0.1) is 0 Å². The summed E-state index contributed by atoms with van der Waals surface area (Å²) in [5.41, 5.74) is 0. The molecule has 6 nitrogen and oxygen atoms in total. The van der Waals surface area contributed by atoms with Crippen molar-refractivity contribution in [1.82, 2.24) is 4.90 Å². The molecule has 0 rings (SSSR count). The number of ether oxygens (including phenoxy) is 5. The van der Waals surface area contributed by atoms with Gasteiger partial charge in [-0.15, -0.1) is 17.2 Å². The summed E-state index contributed by atoms with van der Waals surface area (Å²) in [7, 11) is 1.94. The minimum Gasteiger partial charge on any atom is -0.382 e. The summed E-state index contributed by atoms with van der Waals surface area (Å²) < 4.78 is 29.1. The van der Waals surface area contributed by atoms with Crippen LogP contribution in [0.3, 0.4) is 0 Å². The van der Waals surface area contributed by atoms with E-state index in [1.807, 2.05) is 0 Å². The van der Waals surface area contributed by atoms with Crippen molar-refractivity contribution in [2.24, 2.45) is 0 Å². The predicted octanol–water partition coefficient (Wildman–Crippen LogP) is 6.21. The lowest BCUT2D eigenvalue weighted by Gasteiger charge is -2.23. The molecule has 0 amide bonds. The molecule has 0 N–H and O–H groups in total. The van der Waals surface area contributed by atoms with Gasteiger partial charge in [0.25, 0.3) is 0 Å². The van der Waals surface area contributed by atoms with Crippen molar-refractivity contribution >= 4 is 17.2 Å². The maximum atomic E-state index is 5.87. The SMILES string of the molecule is CCCOC(CCPCCN(CCCOCC)CCPCCC(OCCC)OCCC)OCCC. The first-order valence-corrected chi connectivity index (χ1v) is 17.2. The van der Waals surface area contributed by atoms with Crippen LogP contribution < -0.4 is 0 Å². The maximum Gasteiger partial charge on any atom is 0.157 e. The van der Waals surface area contributed by atoms with Crippen LogP contribution in [0.2, 0.25) is 0 Å². The summed E-state index contributed by atoms with van der Waals surface area (Å²) in [6.07, 6.45) is 12.2. The van der Waals surface area contributed by atoms with Crippen LogP contribution in [0.4, 0.5) is 0 Å². The highest BCUT2D eigenvalue weighted by Crippen LogP contribution is 2.18. The van der Waals surface area contributed by atoms with Gasteiger partial charge in [-0.3, -0.25) is 0 Å². The zero-order valence-corrected chi connectivity index (χ0v) is 25.8. The molecule has 2 atom stereocenters. The third-order valence-electron chi connectivity index (χ3n) is 5.32. The Morgan fingerprint density at radius 2 is 0.971 bits per heavy atom. The topological polar surface area (TPSA) is 49.4 Å². The van der Waals surface area contributed by atoms with E-state index in [0.717, 1.165) is 108 Å². The summed E-state index contributed by atoms with van der Waals surface area (Å²) in [6, 6.07) is 0. The molecule has 0 radical (unpaired) electrons. The van der Waals surface area contributed by atoms with Crippen LogP contribution in [0.25, 0.3) is 0 Å². The van der Waals surface area contributed by atoms with Gasteiger partial charge in [0.1, 0.15) is 0 Å². The monoisotopic (exact) mass is 539 g/mol. The zero-order chi connectivity index (χ0) is 25.8. The molecule has 0 saturated carbocycles. The van der Waals surface area contributed by atoms with E-state index < -0.39 is 0 Å². The average Bonchev–Trinajstić information content (AvgIpc) is 2.87. The third kappa shape index (κ3) is 24.7. The molecule has 0 saturated heterocycles. The standard InChI is InChI=1S/C27H59NO5P2/c1-6-17-30-26(31-18-7-2)12-22-34-24-15-28(14-11-21-29-10-5)16-25-35-23-13-27(32-19-8-3)33-20-9-4/h26-27,34-35H,6-25H2,1-5H3. The summed E-state index contributed by atoms with van der Waals surface area (Å²) in [5, 5.41) is 0. The molecule has 0 fully saturated rings. The molecular weight excluding hydrogens is 480 g/mol. The fraction of sp³-hybridized carbons (Fsp3) is 1.00. The van der Waals surface area contributed by atoms with E-state index in [4.69, 9.17) is 23.7 Å². The molecule has 212 valence electrons. The van der Waals surface area contributed by atoms with Crippen LogP contribution in [0.1, 0.15) is 79.6 Å². The summed E-state index contributed by atoms with van der Waals surface area (Å²) in [6.45, 7) is 19.0. The largest absolute Gasteiger partial charge is 0.382 e. The first-order valence-electron chi connectivity index (χ1n) is 14.4. The fourth-order valence-electron chi connectivity index (χ4n) is 3.46. The second-order valence-corrected chi connectivity index (χ2v) is 11.8. The van der Waals surface area contributed by atoms with Gasteiger partial charge in [0.2, 0.25) is 0 Å². The molecule has 0 bridgehead atoms. The highest BCUT2D eigenvalue weighted by Gasteiger charge is 2.11. The van der Waals surface area contributed by atoms with Crippen LogP contribution >= 0.6 is 17.2 Å². The Hall–Kier alpha value is 0.620. The Kier molecular flexibility index (Phi) is 29.7. The van der Waals surface area contributed by atoms with E-state index in [1.165, 1.54) is 37.7 Å². The van der Waals surface area contributed by atoms with Gasteiger partial charge in [0.15, 0.2) is 12.6 Å². The highest BCUT2D eigenvalue weighted by atomic mass is 31.1. The summed E-state index contributed by atoms with van der Waals surface area (Å²) in [4.78, 5) is 2.65. The van der Waals surface area contributed by atoms with Crippen molar-refractivity contribution in [2.45, 2.75) is 92.1 Å². The normalized spacial score (nSPS) is 12.7. The number of hydrogen-bond donors (Lipinski definition) is 0. The van der Waals surface area contributed by atoms with Gasteiger partial charge in [0, 0.05) is 72.1 Å². The molecule has 0 aliphatic carbocycles. The molecule has 0 spiro atoms. The number of nitrogens with zero attached hydrogens (tertiary/aromatic N) is 1. The van der Waals surface area contributed by atoms with Crippen molar-refractivity contribution in [2.75, 3.05) is 83.9 Å². The lowest BCUT2D eigenvalue weighted by Crippen LogP contribution is -2.30. The Labute approximate surface area is 221 Å². The van der Waals surface area contributed by atoms with Crippen molar-refractivity contribution in [3.63, 3.8) is 0 Å². The Balaban J connectivity index is 4.23. The van der Waals surface area contributed by atoms with E-state index in [0.29, 0.717) is 0 Å². The summed E-state index contributed by atoms with van der Waals surface area (Å²) >= 11 is 0. The van der Waals surface area contributed by atoms with E-state index in [-0.39, 0.29) is 12.6 Å². The van der Waals surface area contributed by atoms with E-state index in [1.54, 1.807) is 0 Å². The van der Waals surface area contributed by atoms with Crippen molar-refractivity contribution in [1.29, 1.82) is 0 Å². The molecule has 0 aliphatic heterocycles. The molecule has 8 heteroatoms. The first-order chi connectivity index (χ1) is 17.2. The van der Waals surface area contributed by atoms with E-state index in [2.05, 4.69) is 39.5 Å².